The van der Waals surface area contributed by atoms with Gasteiger partial charge in [-0.15, -0.1) is 11.3 Å². The average Bonchev–Trinajstić information content (AvgIpc) is 2.64. The summed E-state index contributed by atoms with van der Waals surface area (Å²) < 4.78 is 5.71. The first-order chi connectivity index (χ1) is 8.11. The van der Waals surface area contributed by atoms with Gasteiger partial charge >= 0.3 is 5.97 Å². The predicted molar refractivity (Wildman–Crippen MR) is 71.7 cm³/mol. The number of nitrogens with one attached hydrogen (secondary N) is 1. The highest BCUT2D eigenvalue weighted by molar-refractivity contribution is 7.16. The number of thiophene rings is 1. The molecule has 1 N–H and O–H groups in total. The van der Waals surface area contributed by atoms with Crippen LogP contribution in [0.2, 0.25) is 4.34 Å². The first-order valence-electron chi connectivity index (χ1n) is 5.75. The Labute approximate surface area is 111 Å². The third-order valence-corrected chi connectivity index (χ3v) is 3.56. The lowest BCUT2D eigenvalue weighted by atomic mass is 10.2. The molecule has 0 amide bonds. The molecule has 0 aliphatic heterocycles. The van der Waals surface area contributed by atoms with Crippen LogP contribution in [0.5, 0.6) is 0 Å². The summed E-state index contributed by atoms with van der Waals surface area (Å²) in [6, 6.07) is 4.08. The fourth-order valence-corrected chi connectivity index (χ4v) is 2.56. The largest absolute Gasteiger partial charge is 0.466 e. The molecule has 0 saturated heterocycles. The Balaban J connectivity index is 2.15. The van der Waals surface area contributed by atoms with Gasteiger partial charge < -0.3 is 10.1 Å². The van der Waals surface area contributed by atoms with Crippen molar-refractivity contribution in [1.82, 2.24) is 5.32 Å². The topological polar surface area (TPSA) is 38.3 Å². The number of rotatable bonds is 7. The summed E-state index contributed by atoms with van der Waals surface area (Å²) in [6.07, 6.45) is 1.35. The molecule has 0 aromatic carbocycles. The summed E-state index contributed by atoms with van der Waals surface area (Å²) in [5.41, 5.74) is 0. The molecule has 96 valence electrons. The second-order valence-corrected chi connectivity index (χ2v) is 5.62. The number of ether oxygens (including phenoxy) is 1. The van der Waals surface area contributed by atoms with Crippen LogP contribution < -0.4 is 5.32 Å². The number of hydrogen-bond donors (Lipinski definition) is 1. The number of carbonyl (C=O) groups is 1. The van der Waals surface area contributed by atoms with Crippen molar-refractivity contribution in [1.29, 1.82) is 0 Å². The van der Waals surface area contributed by atoms with Crippen molar-refractivity contribution in [2.45, 2.75) is 32.7 Å². The van der Waals surface area contributed by atoms with Gasteiger partial charge in [0, 0.05) is 17.5 Å². The van der Waals surface area contributed by atoms with E-state index in [9.17, 15) is 4.79 Å². The van der Waals surface area contributed by atoms with Crippen LogP contribution in [-0.2, 0) is 16.0 Å². The standard InChI is InChI=1S/C12H18ClNO2S/c1-3-16-12(15)8-9(2)14-7-6-10-4-5-11(13)17-10/h4-5,9,14H,3,6-8H2,1-2H3. The molecule has 0 fully saturated rings. The number of halogens is 1. The molecule has 1 unspecified atom stereocenters. The van der Waals surface area contributed by atoms with Gasteiger partial charge in [-0.25, -0.2) is 0 Å². The van der Waals surface area contributed by atoms with Crippen molar-refractivity contribution >= 4 is 28.9 Å². The van der Waals surface area contributed by atoms with Crippen LogP contribution >= 0.6 is 22.9 Å². The van der Waals surface area contributed by atoms with Gasteiger partial charge in [0.25, 0.3) is 0 Å². The molecule has 0 aliphatic carbocycles. The highest BCUT2D eigenvalue weighted by Crippen LogP contribution is 2.21. The molecule has 17 heavy (non-hydrogen) atoms. The lowest BCUT2D eigenvalue weighted by Crippen LogP contribution is -2.30. The van der Waals surface area contributed by atoms with Crippen molar-refractivity contribution < 1.29 is 9.53 Å². The van der Waals surface area contributed by atoms with E-state index in [0.29, 0.717) is 13.0 Å². The van der Waals surface area contributed by atoms with Crippen molar-refractivity contribution in [2.24, 2.45) is 0 Å². The zero-order chi connectivity index (χ0) is 12.7. The van der Waals surface area contributed by atoms with Crippen molar-refractivity contribution in [3.05, 3.63) is 21.3 Å². The monoisotopic (exact) mass is 275 g/mol. The quantitative estimate of drug-likeness (QED) is 0.778. The fraction of sp³-hybridized carbons (Fsp3) is 0.583. The molecule has 0 radical (unpaired) electrons. The second-order valence-electron chi connectivity index (χ2n) is 3.82. The summed E-state index contributed by atoms with van der Waals surface area (Å²) >= 11 is 7.44. The maximum atomic E-state index is 11.2. The van der Waals surface area contributed by atoms with E-state index in [1.165, 1.54) is 4.88 Å². The van der Waals surface area contributed by atoms with Gasteiger partial charge in [-0.2, -0.15) is 0 Å². The Morgan fingerprint density at radius 1 is 1.59 bits per heavy atom. The highest BCUT2D eigenvalue weighted by Gasteiger charge is 2.08. The SMILES string of the molecule is CCOC(=O)CC(C)NCCc1ccc(Cl)s1. The minimum absolute atomic E-state index is 0.143. The molecule has 1 aromatic heterocycles. The van der Waals surface area contributed by atoms with Crippen LogP contribution in [0.3, 0.4) is 0 Å². The summed E-state index contributed by atoms with van der Waals surface area (Å²) in [4.78, 5) is 12.5. The molecule has 1 heterocycles. The first kappa shape index (κ1) is 14.5. The van der Waals surface area contributed by atoms with Gasteiger partial charge in [0.1, 0.15) is 0 Å². The molecule has 0 spiro atoms. The molecule has 1 aromatic rings. The molecule has 3 nitrogen and oxygen atoms in total. The summed E-state index contributed by atoms with van der Waals surface area (Å²) in [6.45, 7) is 5.09. The van der Waals surface area contributed by atoms with Gasteiger partial charge in [0.2, 0.25) is 0 Å². The summed E-state index contributed by atoms with van der Waals surface area (Å²) in [7, 11) is 0. The molecule has 0 bridgehead atoms. The van der Waals surface area contributed by atoms with E-state index < -0.39 is 0 Å². The Kier molecular flexibility index (Phi) is 6.55. The van der Waals surface area contributed by atoms with Crippen LogP contribution in [0.1, 0.15) is 25.1 Å². The average molecular weight is 276 g/mol. The van der Waals surface area contributed by atoms with Crippen LogP contribution in [-0.4, -0.2) is 25.2 Å². The van der Waals surface area contributed by atoms with Gasteiger partial charge in [-0.1, -0.05) is 11.6 Å². The highest BCUT2D eigenvalue weighted by atomic mass is 35.5. The van der Waals surface area contributed by atoms with Gasteiger partial charge in [-0.05, 0) is 32.4 Å². The third kappa shape index (κ3) is 6.05. The minimum atomic E-state index is -0.147. The molecule has 1 rings (SSSR count). The van der Waals surface area contributed by atoms with E-state index in [1.54, 1.807) is 11.3 Å². The molecular weight excluding hydrogens is 258 g/mol. The number of esters is 1. The van der Waals surface area contributed by atoms with Gasteiger partial charge in [0.05, 0.1) is 17.4 Å². The Morgan fingerprint density at radius 3 is 2.94 bits per heavy atom. The van der Waals surface area contributed by atoms with Gasteiger partial charge in [0.15, 0.2) is 0 Å². The fourth-order valence-electron chi connectivity index (χ4n) is 1.47. The van der Waals surface area contributed by atoms with E-state index in [0.717, 1.165) is 17.3 Å². The normalized spacial score (nSPS) is 12.4. The van der Waals surface area contributed by atoms with E-state index >= 15 is 0 Å². The molecule has 1 atom stereocenters. The van der Waals surface area contributed by atoms with Crippen LogP contribution in [0.25, 0.3) is 0 Å². The number of hydrogen-bond acceptors (Lipinski definition) is 4. The van der Waals surface area contributed by atoms with E-state index in [1.807, 2.05) is 26.0 Å². The van der Waals surface area contributed by atoms with Crippen LogP contribution in [0.15, 0.2) is 12.1 Å². The number of carbonyl (C=O) groups excluding carboxylic acids is 1. The van der Waals surface area contributed by atoms with E-state index in [2.05, 4.69) is 5.32 Å². The lowest BCUT2D eigenvalue weighted by Gasteiger charge is -2.12. The van der Waals surface area contributed by atoms with Crippen molar-refractivity contribution in [2.75, 3.05) is 13.2 Å². The zero-order valence-electron chi connectivity index (χ0n) is 10.2. The molecule has 0 saturated carbocycles. The van der Waals surface area contributed by atoms with E-state index in [-0.39, 0.29) is 12.0 Å². The summed E-state index contributed by atoms with van der Waals surface area (Å²) in [5.74, 6) is -0.147. The third-order valence-electron chi connectivity index (χ3n) is 2.27. The lowest BCUT2D eigenvalue weighted by molar-refractivity contribution is -0.143. The maximum Gasteiger partial charge on any atom is 0.307 e. The molecule has 0 aliphatic rings. The maximum absolute atomic E-state index is 11.2. The minimum Gasteiger partial charge on any atom is -0.466 e. The second kappa shape index (κ2) is 7.69. The van der Waals surface area contributed by atoms with Crippen LogP contribution in [0, 0.1) is 0 Å². The smallest absolute Gasteiger partial charge is 0.307 e. The van der Waals surface area contributed by atoms with Crippen molar-refractivity contribution in [3.8, 4) is 0 Å². The Morgan fingerprint density at radius 2 is 2.35 bits per heavy atom. The molecular formula is C12H18ClNO2S. The van der Waals surface area contributed by atoms with Gasteiger partial charge in [-0.3, -0.25) is 4.79 Å². The molecule has 5 heteroatoms. The van der Waals surface area contributed by atoms with Crippen LogP contribution in [0.4, 0.5) is 0 Å². The summed E-state index contributed by atoms with van der Waals surface area (Å²) in [5, 5.41) is 3.29. The van der Waals surface area contributed by atoms with E-state index in [4.69, 9.17) is 16.3 Å². The Bertz CT molecular complexity index is 354. The van der Waals surface area contributed by atoms with Crippen molar-refractivity contribution in [3.63, 3.8) is 0 Å². The predicted octanol–water partition coefficient (Wildman–Crippen LogP) is 2.88. The zero-order valence-corrected chi connectivity index (χ0v) is 11.7. The first-order valence-corrected chi connectivity index (χ1v) is 6.94. The Hall–Kier alpha value is -0.580.